The first-order valence-electron chi connectivity index (χ1n) is 9.11. The van der Waals surface area contributed by atoms with Crippen molar-refractivity contribution in [1.82, 2.24) is 5.32 Å². The maximum atomic E-state index is 13.5. The molecule has 1 N–H and O–H groups in total. The van der Waals surface area contributed by atoms with Crippen molar-refractivity contribution < 1.29 is 23.1 Å². The van der Waals surface area contributed by atoms with E-state index in [1.165, 1.54) is 0 Å². The molecule has 150 valence electrons. The van der Waals surface area contributed by atoms with Crippen molar-refractivity contribution >= 4 is 13.7 Å². The summed E-state index contributed by atoms with van der Waals surface area (Å²) in [5.74, 6) is -0.206. The van der Waals surface area contributed by atoms with Crippen molar-refractivity contribution in [2.75, 3.05) is 0 Å². The summed E-state index contributed by atoms with van der Waals surface area (Å²) in [6, 6.07) is 26.6. The lowest BCUT2D eigenvalue weighted by atomic mass is 10.2. The molecule has 0 aliphatic rings. The Bertz CT molecular complexity index is 905. The van der Waals surface area contributed by atoms with Crippen LogP contribution in [0.4, 0.5) is 4.79 Å². The third kappa shape index (κ3) is 6.13. The second-order valence-electron chi connectivity index (χ2n) is 6.23. The van der Waals surface area contributed by atoms with E-state index in [0.29, 0.717) is 11.5 Å². The van der Waals surface area contributed by atoms with Gasteiger partial charge >= 0.3 is 13.7 Å². The molecule has 7 heteroatoms. The lowest BCUT2D eigenvalue weighted by Gasteiger charge is -2.25. The molecular formula is C22H22NO5P. The van der Waals surface area contributed by atoms with Gasteiger partial charge in [-0.3, -0.25) is 0 Å². The second-order valence-corrected chi connectivity index (χ2v) is 8.45. The minimum atomic E-state index is -3.82. The summed E-state index contributed by atoms with van der Waals surface area (Å²) in [5.41, 5.74) is 0.847. The average Bonchev–Trinajstić information content (AvgIpc) is 2.74. The largest absolute Gasteiger partial charge is 0.452 e. The molecule has 3 aromatic carbocycles. The van der Waals surface area contributed by atoms with Gasteiger partial charge in [0.1, 0.15) is 18.1 Å². The van der Waals surface area contributed by atoms with Crippen LogP contribution in [-0.2, 0) is 15.9 Å². The molecule has 0 aliphatic heterocycles. The molecule has 0 bridgehead atoms. The highest BCUT2D eigenvalue weighted by Crippen LogP contribution is 2.51. The van der Waals surface area contributed by atoms with E-state index in [0.717, 1.165) is 5.56 Å². The van der Waals surface area contributed by atoms with Gasteiger partial charge in [0.05, 0.1) is 0 Å². The van der Waals surface area contributed by atoms with Crippen LogP contribution in [0, 0.1) is 0 Å². The number of alkyl carbamates (subject to hydrolysis) is 1. The van der Waals surface area contributed by atoms with Crippen LogP contribution < -0.4 is 14.4 Å². The maximum Gasteiger partial charge on any atom is 0.452 e. The van der Waals surface area contributed by atoms with Gasteiger partial charge in [-0.25, -0.2) is 9.36 Å². The summed E-state index contributed by atoms with van der Waals surface area (Å²) in [6.07, 6.45) is -0.713. The molecule has 1 amide bonds. The van der Waals surface area contributed by atoms with E-state index >= 15 is 0 Å². The van der Waals surface area contributed by atoms with Crippen LogP contribution in [0.1, 0.15) is 12.5 Å². The number of hydrogen-bond donors (Lipinski definition) is 1. The summed E-state index contributed by atoms with van der Waals surface area (Å²) >= 11 is 0. The summed E-state index contributed by atoms with van der Waals surface area (Å²) < 4.78 is 30.1. The molecule has 3 aromatic rings. The molecule has 3 rings (SSSR count). The number of carbonyl (C=O) groups is 1. The van der Waals surface area contributed by atoms with Crippen LogP contribution in [0.2, 0.25) is 0 Å². The Hall–Kier alpha value is -3.24. The molecule has 0 spiro atoms. The molecule has 0 saturated heterocycles. The number of nitrogens with one attached hydrogen (secondary N) is 1. The number of benzene rings is 3. The molecule has 0 radical (unpaired) electrons. The Labute approximate surface area is 170 Å². The van der Waals surface area contributed by atoms with Crippen molar-refractivity contribution in [3.05, 3.63) is 96.6 Å². The predicted octanol–water partition coefficient (Wildman–Crippen LogP) is 5.61. The molecule has 0 heterocycles. The number of ether oxygens (including phenoxy) is 1. The zero-order valence-electron chi connectivity index (χ0n) is 15.9. The quantitative estimate of drug-likeness (QED) is 0.488. The fourth-order valence-corrected chi connectivity index (χ4v) is 3.90. The molecule has 1 atom stereocenters. The second kappa shape index (κ2) is 9.80. The fraction of sp³-hybridized carbons (Fsp3) is 0.136. The number of rotatable bonds is 8. The number of carbonyl (C=O) groups excluding carboxylic acids is 1. The standard InChI is InChI=1S/C22H22NO5P/c1-18(23-22(24)26-17-19-11-5-2-6-12-19)29(25,27-20-13-7-3-8-14-20)28-21-15-9-4-10-16-21/h2-16,18H,17H2,1H3,(H,23,24). The van der Waals surface area contributed by atoms with Gasteiger partial charge in [0, 0.05) is 0 Å². The van der Waals surface area contributed by atoms with E-state index in [1.807, 2.05) is 42.5 Å². The lowest BCUT2D eigenvalue weighted by Crippen LogP contribution is -2.35. The zero-order valence-corrected chi connectivity index (χ0v) is 16.8. The topological polar surface area (TPSA) is 73.9 Å². The smallest absolute Gasteiger partial charge is 0.445 e. The Balaban J connectivity index is 1.70. The molecule has 0 aromatic heterocycles. The van der Waals surface area contributed by atoms with Gasteiger partial charge in [-0.05, 0) is 36.8 Å². The van der Waals surface area contributed by atoms with E-state index in [-0.39, 0.29) is 6.61 Å². The molecule has 1 unspecified atom stereocenters. The van der Waals surface area contributed by atoms with Crippen LogP contribution in [0.3, 0.4) is 0 Å². The van der Waals surface area contributed by atoms with E-state index in [9.17, 15) is 9.36 Å². The van der Waals surface area contributed by atoms with Gasteiger partial charge in [-0.15, -0.1) is 0 Å². The minimum Gasteiger partial charge on any atom is -0.445 e. The molecule has 6 nitrogen and oxygen atoms in total. The van der Waals surface area contributed by atoms with Crippen LogP contribution in [0.5, 0.6) is 11.5 Å². The van der Waals surface area contributed by atoms with Gasteiger partial charge in [0.2, 0.25) is 0 Å². The van der Waals surface area contributed by atoms with Gasteiger partial charge < -0.3 is 19.1 Å². The third-order valence-electron chi connectivity index (χ3n) is 3.97. The first-order chi connectivity index (χ1) is 14.0. The van der Waals surface area contributed by atoms with Gasteiger partial charge in [-0.1, -0.05) is 66.7 Å². The molecule has 0 fully saturated rings. The van der Waals surface area contributed by atoms with Crippen LogP contribution in [0.25, 0.3) is 0 Å². The van der Waals surface area contributed by atoms with Crippen molar-refractivity contribution in [3.63, 3.8) is 0 Å². The van der Waals surface area contributed by atoms with E-state index < -0.39 is 19.5 Å². The van der Waals surface area contributed by atoms with Gasteiger partial charge in [-0.2, -0.15) is 0 Å². The average molecular weight is 411 g/mol. The Kier molecular flexibility index (Phi) is 6.93. The van der Waals surface area contributed by atoms with Crippen LogP contribution in [0.15, 0.2) is 91.0 Å². The lowest BCUT2D eigenvalue weighted by molar-refractivity contribution is 0.138. The summed E-state index contributed by atoms with van der Waals surface area (Å²) in [5, 5.41) is 2.56. The fourth-order valence-electron chi connectivity index (χ4n) is 2.45. The van der Waals surface area contributed by atoms with Gasteiger partial charge in [0.15, 0.2) is 5.78 Å². The number of para-hydroxylation sites is 2. The van der Waals surface area contributed by atoms with Crippen molar-refractivity contribution in [2.24, 2.45) is 0 Å². The third-order valence-corrected chi connectivity index (χ3v) is 5.97. The summed E-state index contributed by atoms with van der Waals surface area (Å²) in [4.78, 5) is 12.2. The van der Waals surface area contributed by atoms with Crippen LogP contribution >= 0.6 is 7.60 Å². The van der Waals surface area contributed by atoms with Crippen molar-refractivity contribution in [2.45, 2.75) is 19.3 Å². The van der Waals surface area contributed by atoms with E-state index in [4.69, 9.17) is 13.8 Å². The zero-order chi connectivity index (χ0) is 20.5. The Morgan fingerprint density at radius 2 is 1.28 bits per heavy atom. The Morgan fingerprint density at radius 3 is 1.76 bits per heavy atom. The summed E-state index contributed by atoms with van der Waals surface area (Å²) in [6.45, 7) is 1.65. The molecule has 29 heavy (non-hydrogen) atoms. The van der Waals surface area contributed by atoms with Crippen molar-refractivity contribution in [1.29, 1.82) is 0 Å². The number of amides is 1. The normalized spacial score (nSPS) is 11.9. The minimum absolute atomic E-state index is 0.1000. The molecular weight excluding hydrogens is 389 g/mol. The van der Waals surface area contributed by atoms with Gasteiger partial charge in [0.25, 0.3) is 0 Å². The highest BCUT2D eigenvalue weighted by Gasteiger charge is 2.37. The van der Waals surface area contributed by atoms with Crippen LogP contribution in [-0.4, -0.2) is 11.9 Å². The predicted molar refractivity (Wildman–Crippen MR) is 111 cm³/mol. The SMILES string of the molecule is CC(NC(=O)OCc1ccccc1)P(=O)(Oc1ccccc1)Oc1ccccc1. The van der Waals surface area contributed by atoms with E-state index in [1.54, 1.807) is 55.5 Å². The first-order valence-corrected chi connectivity index (χ1v) is 10.7. The Morgan fingerprint density at radius 1 is 0.828 bits per heavy atom. The maximum absolute atomic E-state index is 13.5. The monoisotopic (exact) mass is 411 g/mol. The van der Waals surface area contributed by atoms with Crippen molar-refractivity contribution in [3.8, 4) is 11.5 Å². The number of hydrogen-bond acceptors (Lipinski definition) is 5. The van der Waals surface area contributed by atoms with E-state index in [2.05, 4.69) is 5.32 Å². The highest BCUT2D eigenvalue weighted by molar-refractivity contribution is 7.55. The summed E-state index contributed by atoms with van der Waals surface area (Å²) in [7, 11) is -3.82. The molecule has 0 saturated carbocycles. The highest BCUT2D eigenvalue weighted by atomic mass is 31.2. The molecule has 0 aliphatic carbocycles. The first kappa shape index (κ1) is 20.5.